The molecule has 0 radical (unpaired) electrons. The normalized spacial score (nSPS) is 22.8. The molecule has 1 aliphatic heterocycles. The zero-order valence-corrected chi connectivity index (χ0v) is 10.9. The van der Waals surface area contributed by atoms with Crippen LogP contribution in [-0.2, 0) is 0 Å². The number of hydrogen-bond donors (Lipinski definition) is 1. The fourth-order valence-corrected chi connectivity index (χ4v) is 3.34. The van der Waals surface area contributed by atoms with E-state index in [0.717, 1.165) is 22.7 Å². The standard InChI is InChI=1S/C10H15BrN2OS/c11-9-7-15-10(12-9)13-5-3-1-2-4-8(13)6-14/h7-8,14H,1-6H2. The second kappa shape index (κ2) is 5.27. The van der Waals surface area contributed by atoms with Gasteiger partial charge in [0.1, 0.15) is 4.60 Å². The Morgan fingerprint density at radius 1 is 1.53 bits per heavy atom. The van der Waals surface area contributed by atoms with Crippen molar-refractivity contribution in [2.24, 2.45) is 0 Å². The fraction of sp³-hybridized carbons (Fsp3) is 0.700. The predicted molar refractivity (Wildman–Crippen MR) is 66.5 cm³/mol. The quantitative estimate of drug-likeness (QED) is 0.910. The number of aliphatic hydroxyl groups excluding tert-OH is 1. The molecule has 3 nitrogen and oxygen atoms in total. The molecule has 0 aliphatic carbocycles. The molecule has 1 atom stereocenters. The summed E-state index contributed by atoms with van der Waals surface area (Å²) in [5.41, 5.74) is 0. The summed E-state index contributed by atoms with van der Waals surface area (Å²) in [6.07, 6.45) is 4.76. The molecule has 0 saturated carbocycles. The van der Waals surface area contributed by atoms with Crippen molar-refractivity contribution in [2.75, 3.05) is 18.1 Å². The lowest BCUT2D eigenvalue weighted by Crippen LogP contribution is -2.37. The zero-order chi connectivity index (χ0) is 10.7. The van der Waals surface area contributed by atoms with Crippen LogP contribution in [0.1, 0.15) is 25.7 Å². The van der Waals surface area contributed by atoms with E-state index in [-0.39, 0.29) is 12.6 Å². The van der Waals surface area contributed by atoms with E-state index in [2.05, 4.69) is 25.8 Å². The number of aliphatic hydroxyl groups is 1. The van der Waals surface area contributed by atoms with Gasteiger partial charge in [0.25, 0.3) is 0 Å². The highest BCUT2D eigenvalue weighted by molar-refractivity contribution is 9.10. The highest BCUT2D eigenvalue weighted by Gasteiger charge is 2.22. The minimum atomic E-state index is 0.233. The first-order valence-electron chi connectivity index (χ1n) is 5.30. The lowest BCUT2D eigenvalue weighted by Gasteiger charge is -2.27. The van der Waals surface area contributed by atoms with Gasteiger partial charge in [-0.2, -0.15) is 0 Å². The van der Waals surface area contributed by atoms with Gasteiger partial charge >= 0.3 is 0 Å². The Hall–Kier alpha value is -0.130. The van der Waals surface area contributed by atoms with Crippen molar-refractivity contribution in [3.63, 3.8) is 0 Å². The summed E-state index contributed by atoms with van der Waals surface area (Å²) in [6, 6.07) is 0.255. The van der Waals surface area contributed by atoms with Crippen molar-refractivity contribution in [3.05, 3.63) is 9.98 Å². The van der Waals surface area contributed by atoms with E-state index >= 15 is 0 Å². The highest BCUT2D eigenvalue weighted by atomic mass is 79.9. The van der Waals surface area contributed by atoms with Crippen LogP contribution in [0, 0.1) is 0 Å². The first kappa shape index (κ1) is 11.4. The van der Waals surface area contributed by atoms with Crippen molar-refractivity contribution in [2.45, 2.75) is 31.7 Å². The van der Waals surface area contributed by atoms with E-state index < -0.39 is 0 Å². The molecule has 1 saturated heterocycles. The summed E-state index contributed by atoms with van der Waals surface area (Å²) >= 11 is 5.01. The Morgan fingerprint density at radius 2 is 2.40 bits per heavy atom. The minimum absolute atomic E-state index is 0.233. The summed E-state index contributed by atoms with van der Waals surface area (Å²) < 4.78 is 0.892. The maximum absolute atomic E-state index is 9.38. The number of hydrogen-bond acceptors (Lipinski definition) is 4. The smallest absolute Gasteiger partial charge is 0.186 e. The fourth-order valence-electron chi connectivity index (χ4n) is 2.00. The van der Waals surface area contributed by atoms with E-state index in [1.54, 1.807) is 11.3 Å². The lowest BCUT2D eigenvalue weighted by atomic mass is 10.1. The molecule has 0 bridgehead atoms. The average molecular weight is 291 g/mol. The minimum Gasteiger partial charge on any atom is -0.394 e. The molecule has 15 heavy (non-hydrogen) atoms. The van der Waals surface area contributed by atoms with Gasteiger partial charge in [-0.3, -0.25) is 0 Å². The second-order valence-electron chi connectivity index (χ2n) is 3.83. The molecule has 1 aliphatic rings. The zero-order valence-electron chi connectivity index (χ0n) is 8.53. The molecule has 84 valence electrons. The monoisotopic (exact) mass is 290 g/mol. The molecular formula is C10H15BrN2OS. The Morgan fingerprint density at radius 3 is 3.07 bits per heavy atom. The van der Waals surface area contributed by atoms with Gasteiger partial charge in [-0.1, -0.05) is 12.8 Å². The molecule has 5 heteroatoms. The SMILES string of the molecule is OCC1CCCCCN1c1nc(Br)cs1. The van der Waals surface area contributed by atoms with E-state index in [9.17, 15) is 5.11 Å². The summed E-state index contributed by atoms with van der Waals surface area (Å²) in [4.78, 5) is 6.68. The van der Waals surface area contributed by atoms with Gasteiger partial charge < -0.3 is 10.0 Å². The maximum atomic E-state index is 9.38. The third kappa shape index (κ3) is 2.71. The van der Waals surface area contributed by atoms with E-state index in [0.29, 0.717) is 0 Å². The van der Waals surface area contributed by atoms with E-state index in [1.807, 2.05) is 5.38 Å². The summed E-state index contributed by atoms with van der Waals surface area (Å²) in [5.74, 6) is 0. The second-order valence-corrected chi connectivity index (χ2v) is 5.48. The van der Waals surface area contributed by atoms with Crippen molar-refractivity contribution in [3.8, 4) is 0 Å². The average Bonchev–Trinajstić information content (AvgIpc) is 2.54. The number of rotatable bonds is 2. The molecule has 1 aromatic rings. The maximum Gasteiger partial charge on any atom is 0.186 e. The molecule has 1 fully saturated rings. The molecule has 1 aromatic heterocycles. The van der Waals surface area contributed by atoms with Crippen molar-refractivity contribution >= 4 is 32.4 Å². The molecule has 1 N–H and O–H groups in total. The van der Waals surface area contributed by atoms with Crippen LogP contribution >= 0.6 is 27.3 Å². The first-order valence-corrected chi connectivity index (χ1v) is 6.97. The van der Waals surface area contributed by atoms with Crippen LogP contribution in [0.25, 0.3) is 0 Å². The largest absolute Gasteiger partial charge is 0.394 e. The number of halogens is 1. The molecule has 1 unspecified atom stereocenters. The van der Waals surface area contributed by atoms with E-state index in [1.165, 1.54) is 19.3 Å². The van der Waals surface area contributed by atoms with Gasteiger partial charge in [0.05, 0.1) is 12.6 Å². The Bertz CT molecular complexity index is 318. The third-order valence-corrected chi connectivity index (χ3v) is 4.38. The number of aromatic nitrogens is 1. The summed E-state index contributed by atoms with van der Waals surface area (Å²) in [7, 11) is 0. The van der Waals surface area contributed by atoms with Crippen molar-refractivity contribution in [1.82, 2.24) is 4.98 Å². The van der Waals surface area contributed by atoms with Crippen LogP contribution in [0.4, 0.5) is 5.13 Å². The van der Waals surface area contributed by atoms with Crippen LogP contribution in [0.15, 0.2) is 9.98 Å². The van der Waals surface area contributed by atoms with Crippen molar-refractivity contribution < 1.29 is 5.11 Å². The van der Waals surface area contributed by atoms with Gasteiger partial charge in [0, 0.05) is 11.9 Å². The third-order valence-electron chi connectivity index (χ3n) is 2.80. The van der Waals surface area contributed by atoms with Crippen LogP contribution in [0.5, 0.6) is 0 Å². The van der Waals surface area contributed by atoms with Gasteiger partial charge in [-0.25, -0.2) is 4.98 Å². The summed E-state index contributed by atoms with van der Waals surface area (Å²) in [6.45, 7) is 1.25. The number of thiazole rings is 1. The van der Waals surface area contributed by atoms with Crippen LogP contribution < -0.4 is 4.90 Å². The van der Waals surface area contributed by atoms with Gasteiger partial charge in [0.2, 0.25) is 0 Å². The Kier molecular flexibility index (Phi) is 3.99. The molecule has 2 heterocycles. The van der Waals surface area contributed by atoms with Crippen LogP contribution in [0.2, 0.25) is 0 Å². The number of anilines is 1. The Balaban J connectivity index is 2.16. The molecule has 0 amide bonds. The molecule has 0 spiro atoms. The highest BCUT2D eigenvalue weighted by Crippen LogP contribution is 2.28. The summed E-state index contributed by atoms with van der Waals surface area (Å²) in [5, 5.41) is 12.4. The van der Waals surface area contributed by atoms with Crippen LogP contribution in [-0.4, -0.2) is 29.3 Å². The van der Waals surface area contributed by atoms with Crippen molar-refractivity contribution in [1.29, 1.82) is 0 Å². The lowest BCUT2D eigenvalue weighted by molar-refractivity contribution is 0.255. The molecule has 2 rings (SSSR count). The van der Waals surface area contributed by atoms with E-state index in [4.69, 9.17) is 0 Å². The Labute approximate surface area is 102 Å². The van der Waals surface area contributed by atoms with Gasteiger partial charge in [0.15, 0.2) is 5.13 Å². The predicted octanol–water partition coefficient (Wildman–Crippen LogP) is 2.65. The first-order chi connectivity index (χ1) is 7.31. The van der Waals surface area contributed by atoms with Gasteiger partial charge in [-0.15, -0.1) is 11.3 Å². The molecule has 0 aromatic carbocycles. The topological polar surface area (TPSA) is 36.4 Å². The van der Waals surface area contributed by atoms with Crippen LogP contribution in [0.3, 0.4) is 0 Å². The molecular weight excluding hydrogens is 276 g/mol. The van der Waals surface area contributed by atoms with Gasteiger partial charge in [-0.05, 0) is 28.8 Å². The number of nitrogens with zero attached hydrogens (tertiary/aromatic N) is 2.